The topological polar surface area (TPSA) is 109 Å². The molecule has 0 radical (unpaired) electrons. The Hall–Kier alpha value is -1.89. The van der Waals surface area contributed by atoms with E-state index in [-0.39, 0.29) is 5.91 Å². The van der Waals surface area contributed by atoms with Crippen LogP contribution in [-0.4, -0.2) is 22.9 Å². The average Bonchev–Trinajstić information content (AvgIpc) is 2.73. The van der Waals surface area contributed by atoms with Gasteiger partial charge in [-0.3, -0.25) is 14.4 Å². The lowest BCUT2D eigenvalue weighted by Gasteiger charge is -2.27. The molecule has 4 N–H and O–H groups in total. The third-order valence-corrected chi connectivity index (χ3v) is 5.41. The summed E-state index contributed by atoms with van der Waals surface area (Å²) in [5.41, 5.74) is 6.45. The molecule has 0 bridgehead atoms. The fourth-order valence-electron chi connectivity index (χ4n) is 2.96. The molecule has 1 heterocycles. The first-order valence-corrected chi connectivity index (χ1v) is 8.08. The van der Waals surface area contributed by atoms with Crippen molar-refractivity contribution in [1.29, 1.82) is 0 Å². The van der Waals surface area contributed by atoms with Crippen LogP contribution < -0.4 is 11.1 Å². The number of carbonyl (C=O) groups is 3. The summed E-state index contributed by atoms with van der Waals surface area (Å²) in [4.78, 5) is 36.2. The van der Waals surface area contributed by atoms with Gasteiger partial charge in [-0.2, -0.15) is 0 Å². The number of aliphatic carboxylic acids is 1. The lowest BCUT2D eigenvalue weighted by atomic mass is 9.79. The van der Waals surface area contributed by atoms with E-state index in [9.17, 15) is 19.5 Å². The summed E-state index contributed by atoms with van der Waals surface area (Å²) >= 11 is 1.29. The van der Waals surface area contributed by atoms with E-state index in [0.717, 1.165) is 23.3 Å². The van der Waals surface area contributed by atoms with Crippen LogP contribution in [0.3, 0.4) is 0 Å². The van der Waals surface area contributed by atoms with Gasteiger partial charge in [-0.05, 0) is 32.3 Å². The van der Waals surface area contributed by atoms with Crippen LogP contribution >= 0.6 is 11.3 Å². The van der Waals surface area contributed by atoms with Gasteiger partial charge in [0.25, 0.3) is 5.91 Å². The molecule has 0 unspecified atom stereocenters. The van der Waals surface area contributed by atoms with Gasteiger partial charge in [-0.15, -0.1) is 11.3 Å². The predicted molar refractivity (Wildman–Crippen MR) is 84.0 cm³/mol. The van der Waals surface area contributed by atoms with Crippen LogP contribution in [0.1, 0.15) is 46.5 Å². The van der Waals surface area contributed by atoms with Crippen molar-refractivity contribution in [2.45, 2.75) is 39.5 Å². The predicted octanol–water partition coefficient (Wildman–Crippen LogP) is 2.29. The second kappa shape index (κ2) is 6.48. The number of nitrogens with two attached hydrogens (primary N) is 1. The van der Waals surface area contributed by atoms with E-state index in [4.69, 9.17) is 5.73 Å². The fraction of sp³-hybridized carbons (Fsp3) is 0.533. The summed E-state index contributed by atoms with van der Waals surface area (Å²) < 4.78 is 0. The SMILES string of the molecule is Cc1sc(NC(=O)[C@H]2CCCC[C@H]2C(=O)O)c(C(N)=O)c1C. The van der Waals surface area contributed by atoms with Gasteiger partial charge in [0.2, 0.25) is 5.91 Å². The minimum absolute atomic E-state index is 0.318. The molecule has 1 aliphatic carbocycles. The van der Waals surface area contributed by atoms with Crippen molar-refractivity contribution < 1.29 is 19.5 Å². The molecule has 2 atom stereocenters. The van der Waals surface area contributed by atoms with Crippen molar-refractivity contribution >= 4 is 34.1 Å². The Labute approximate surface area is 132 Å². The molecule has 2 amide bonds. The van der Waals surface area contributed by atoms with E-state index in [0.29, 0.717) is 23.4 Å². The quantitative estimate of drug-likeness (QED) is 0.789. The molecule has 0 aliphatic heterocycles. The Bertz CT molecular complexity index is 623. The molecule has 1 aromatic rings. The van der Waals surface area contributed by atoms with Crippen LogP contribution in [0, 0.1) is 25.7 Å². The molecule has 1 saturated carbocycles. The van der Waals surface area contributed by atoms with Gasteiger partial charge in [0.1, 0.15) is 5.00 Å². The molecule has 6 nitrogen and oxygen atoms in total. The summed E-state index contributed by atoms with van der Waals surface area (Å²) in [6, 6.07) is 0. The van der Waals surface area contributed by atoms with Crippen molar-refractivity contribution in [2.75, 3.05) is 5.32 Å². The van der Waals surface area contributed by atoms with E-state index < -0.39 is 23.7 Å². The smallest absolute Gasteiger partial charge is 0.307 e. The van der Waals surface area contributed by atoms with Gasteiger partial charge in [0.05, 0.1) is 17.4 Å². The summed E-state index contributed by atoms with van der Waals surface area (Å²) in [6.07, 6.45) is 2.73. The van der Waals surface area contributed by atoms with E-state index in [1.54, 1.807) is 6.92 Å². The number of primary amides is 1. The Balaban J connectivity index is 2.23. The number of nitrogens with one attached hydrogen (secondary N) is 1. The van der Waals surface area contributed by atoms with E-state index in [1.807, 2.05) is 6.92 Å². The van der Waals surface area contributed by atoms with Crippen molar-refractivity contribution in [3.8, 4) is 0 Å². The molecule has 2 rings (SSSR count). The normalized spacial score (nSPS) is 21.4. The minimum atomic E-state index is -0.937. The summed E-state index contributed by atoms with van der Waals surface area (Å²) in [5, 5.41) is 12.4. The third-order valence-electron chi connectivity index (χ3n) is 4.29. The number of rotatable bonds is 4. The van der Waals surface area contributed by atoms with Gasteiger partial charge in [0, 0.05) is 4.88 Å². The standard InChI is InChI=1S/C15H20N2O4S/c1-7-8(2)22-14(11(7)12(16)18)17-13(19)9-5-3-4-6-10(9)15(20)21/h9-10H,3-6H2,1-2H3,(H2,16,18)(H,17,19)(H,20,21)/t9-,10+/m0/s1. The first kappa shape index (κ1) is 16.5. The number of hydrogen-bond acceptors (Lipinski definition) is 4. The Morgan fingerprint density at radius 1 is 1.18 bits per heavy atom. The van der Waals surface area contributed by atoms with Crippen molar-refractivity contribution in [2.24, 2.45) is 17.6 Å². The second-order valence-electron chi connectivity index (χ2n) is 5.68. The van der Waals surface area contributed by atoms with Gasteiger partial charge < -0.3 is 16.2 Å². The lowest BCUT2D eigenvalue weighted by molar-refractivity contribution is -0.147. The van der Waals surface area contributed by atoms with E-state index in [1.165, 1.54) is 11.3 Å². The van der Waals surface area contributed by atoms with Crippen molar-refractivity contribution in [3.63, 3.8) is 0 Å². The van der Waals surface area contributed by atoms with Crippen LogP contribution in [0.25, 0.3) is 0 Å². The summed E-state index contributed by atoms with van der Waals surface area (Å²) in [7, 11) is 0. The molecule has 22 heavy (non-hydrogen) atoms. The van der Waals surface area contributed by atoms with Crippen molar-refractivity contribution in [1.82, 2.24) is 0 Å². The fourth-order valence-corrected chi connectivity index (χ4v) is 4.03. The number of thiophene rings is 1. The summed E-state index contributed by atoms with van der Waals surface area (Å²) in [6.45, 7) is 3.63. The van der Waals surface area contributed by atoms with E-state index >= 15 is 0 Å². The Morgan fingerprint density at radius 3 is 2.32 bits per heavy atom. The lowest BCUT2D eigenvalue weighted by Crippen LogP contribution is -2.36. The minimum Gasteiger partial charge on any atom is -0.481 e. The van der Waals surface area contributed by atoms with Gasteiger partial charge in [-0.1, -0.05) is 12.8 Å². The molecule has 7 heteroatoms. The first-order chi connectivity index (χ1) is 10.3. The van der Waals surface area contributed by atoms with Crippen molar-refractivity contribution in [3.05, 3.63) is 16.0 Å². The number of anilines is 1. The Morgan fingerprint density at radius 2 is 1.77 bits per heavy atom. The Kier molecular flexibility index (Phi) is 4.85. The van der Waals surface area contributed by atoms with Crippen LogP contribution in [0.2, 0.25) is 0 Å². The molecule has 120 valence electrons. The highest BCUT2D eigenvalue weighted by atomic mass is 32.1. The maximum absolute atomic E-state index is 12.5. The zero-order valence-electron chi connectivity index (χ0n) is 12.6. The summed E-state index contributed by atoms with van der Waals surface area (Å²) in [5.74, 6) is -3.08. The molecule has 1 aliphatic rings. The number of carboxylic acid groups (broad SMARTS) is 1. The van der Waals surface area contributed by atoms with Gasteiger partial charge in [0.15, 0.2) is 0 Å². The molecule has 1 aromatic heterocycles. The first-order valence-electron chi connectivity index (χ1n) is 7.26. The van der Waals surface area contributed by atoms with Crippen LogP contribution in [0.15, 0.2) is 0 Å². The number of carbonyl (C=O) groups excluding carboxylic acids is 2. The molecular weight excluding hydrogens is 304 g/mol. The van der Waals surface area contributed by atoms with Gasteiger partial charge >= 0.3 is 5.97 Å². The largest absolute Gasteiger partial charge is 0.481 e. The molecular formula is C15H20N2O4S. The average molecular weight is 324 g/mol. The van der Waals surface area contributed by atoms with Crippen LogP contribution in [0.5, 0.6) is 0 Å². The number of amides is 2. The maximum atomic E-state index is 12.5. The molecule has 0 spiro atoms. The monoisotopic (exact) mass is 324 g/mol. The van der Waals surface area contributed by atoms with Crippen LogP contribution in [0.4, 0.5) is 5.00 Å². The second-order valence-corrected chi connectivity index (χ2v) is 6.90. The third kappa shape index (κ3) is 3.14. The molecule has 1 fully saturated rings. The highest BCUT2D eigenvalue weighted by molar-refractivity contribution is 7.16. The number of carboxylic acids is 1. The highest BCUT2D eigenvalue weighted by Crippen LogP contribution is 2.35. The number of hydrogen-bond donors (Lipinski definition) is 3. The zero-order valence-corrected chi connectivity index (χ0v) is 13.5. The van der Waals surface area contributed by atoms with E-state index in [2.05, 4.69) is 5.32 Å². The number of aryl methyl sites for hydroxylation is 1. The maximum Gasteiger partial charge on any atom is 0.307 e. The zero-order chi connectivity index (χ0) is 16.4. The van der Waals surface area contributed by atoms with Gasteiger partial charge in [-0.25, -0.2) is 0 Å². The van der Waals surface area contributed by atoms with Crippen LogP contribution in [-0.2, 0) is 9.59 Å². The molecule has 0 saturated heterocycles. The highest BCUT2D eigenvalue weighted by Gasteiger charge is 2.36. The molecule has 0 aromatic carbocycles.